The maximum Gasteiger partial charge on any atom is 0.173 e. The summed E-state index contributed by atoms with van der Waals surface area (Å²) in [5.41, 5.74) is 2.15. The lowest BCUT2D eigenvalue weighted by atomic mass is 10.2. The molecule has 1 N–H and O–H groups in total. The maximum absolute atomic E-state index is 6.02. The average molecular weight is 298 g/mol. The molecule has 0 saturated carbocycles. The highest BCUT2D eigenvalue weighted by Gasteiger charge is 2.17. The van der Waals surface area contributed by atoms with Gasteiger partial charge >= 0.3 is 0 Å². The number of halogens is 1. The summed E-state index contributed by atoms with van der Waals surface area (Å²) in [6.07, 6.45) is 0. The summed E-state index contributed by atoms with van der Waals surface area (Å²) in [6, 6.07) is 5.82. The van der Waals surface area contributed by atoms with E-state index in [1.165, 1.54) is 0 Å². The minimum absolute atomic E-state index is 0.728. The molecule has 1 aliphatic rings. The van der Waals surface area contributed by atoms with Crippen LogP contribution in [0.25, 0.3) is 0 Å². The van der Waals surface area contributed by atoms with Gasteiger partial charge in [0.05, 0.1) is 0 Å². The second-order valence-electron chi connectivity index (χ2n) is 4.81. The van der Waals surface area contributed by atoms with Gasteiger partial charge < -0.3 is 15.1 Å². The number of benzene rings is 1. The van der Waals surface area contributed by atoms with E-state index in [0.29, 0.717) is 0 Å². The van der Waals surface area contributed by atoms with Crippen LogP contribution in [0.2, 0.25) is 5.02 Å². The molecular weight excluding hydrogens is 278 g/mol. The predicted octanol–water partition coefficient (Wildman–Crippen LogP) is 2.98. The van der Waals surface area contributed by atoms with Gasteiger partial charge in [0.1, 0.15) is 0 Å². The van der Waals surface area contributed by atoms with Gasteiger partial charge in [-0.25, -0.2) is 0 Å². The number of hydrogen-bond acceptors (Lipinski definition) is 2. The number of thiocarbonyl (C=S) groups is 1. The Morgan fingerprint density at radius 1 is 1.32 bits per heavy atom. The second kappa shape index (κ2) is 6.55. The minimum atomic E-state index is 0.728. The van der Waals surface area contributed by atoms with Crippen molar-refractivity contribution < 1.29 is 0 Å². The van der Waals surface area contributed by atoms with Gasteiger partial charge in [-0.05, 0) is 43.4 Å². The first-order valence-electron chi connectivity index (χ1n) is 6.64. The van der Waals surface area contributed by atoms with E-state index >= 15 is 0 Å². The monoisotopic (exact) mass is 297 g/mol. The van der Waals surface area contributed by atoms with Crippen LogP contribution in [-0.4, -0.2) is 47.6 Å². The Hall–Kier alpha value is -0.840. The van der Waals surface area contributed by atoms with E-state index in [1.54, 1.807) is 0 Å². The van der Waals surface area contributed by atoms with Gasteiger partial charge in [-0.3, -0.25) is 0 Å². The van der Waals surface area contributed by atoms with Crippen LogP contribution in [0.3, 0.4) is 0 Å². The first-order valence-corrected chi connectivity index (χ1v) is 7.43. The van der Waals surface area contributed by atoms with Gasteiger partial charge in [-0.2, -0.15) is 0 Å². The molecule has 1 aliphatic heterocycles. The highest BCUT2D eigenvalue weighted by atomic mass is 35.5. The fourth-order valence-corrected chi connectivity index (χ4v) is 2.65. The van der Waals surface area contributed by atoms with E-state index in [1.807, 2.05) is 18.2 Å². The van der Waals surface area contributed by atoms with Crippen molar-refractivity contribution in [3.8, 4) is 0 Å². The molecule has 0 bridgehead atoms. The first kappa shape index (κ1) is 14.6. The fourth-order valence-electron chi connectivity index (χ4n) is 2.19. The highest BCUT2D eigenvalue weighted by Crippen LogP contribution is 2.20. The zero-order valence-corrected chi connectivity index (χ0v) is 13.0. The SMILES string of the molecule is CCN1CCN(C(=S)Nc2cc(Cl)ccc2C)CC1. The van der Waals surface area contributed by atoms with Crippen molar-refractivity contribution in [2.45, 2.75) is 13.8 Å². The molecule has 0 amide bonds. The summed E-state index contributed by atoms with van der Waals surface area (Å²) < 4.78 is 0. The van der Waals surface area contributed by atoms with E-state index in [2.05, 4.69) is 29.0 Å². The summed E-state index contributed by atoms with van der Waals surface area (Å²) in [4.78, 5) is 4.66. The molecule has 104 valence electrons. The molecule has 0 spiro atoms. The van der Waals surface area contributed by atoms with Gasteiger partial charge in [0, 0.05) is 36.9 Å². The van der Waals surface area contributed by atoms with Crippen molar-refractivity contribution in [3.05, 3.63) is 28.8 Å². The summed E-state index contributed by atoms with van der Waals surface area (Å²) in [7, 11) is 0. The molecule has 1 fully saturated rings. The molecule has 1 aromatic rings. The number of nitrogens with zero attached hydrogens (tertiary/aromatic N) is 2. The van der Waals surface area contributed by atoms with E-state index < -0.39 is 0 Å². The number of hydrogen-bond donors (Lipinski definition) is 1. The summed E-state index contributed by atoms with van der Waals surface area (Å²) >= 11 is 11.5. The molecule has 1 heterocycles. The quantitative estimate of drug-likeness (QED) is 0.846. The Kier molecular flexibility index (Phi) is 5.02. The summed E-state index contributed by atoms with van der Waals surface area (Å²) in [5, 5.41) is 4.83. The van der Waals surface area contributed by atoms with Crippen LogP contribution in [0, 0.1) is 6.92 Å². The van der Waals surface area contributed by atoms with Crippen LogP contribution >= 0.6 is 23.8 Å². The molecule has 19 heavy (non-hydrogen) atoms. The standard InChI is InChI=1S/C14H20ClN3S/c1-3-17-6-8-18(9-7-17)14(19)16-13-10-12(15)5-4-11(13)2/h4-5,10H,3,6-9H2,1-2H3,(H,16,19). The molecule has 1 saturated heterocycles. The van der Waals surface area contributed by atoms with Gasteiger partial charge in [0.25, 0.3) is 0 Å². The number of aryl methyl sites for hydroxylation is 1. The Bertz CT molecular complexity index is 456. The predicted molar refractivity (Wildman–Crippen MR) is 86.1 cm³/mol. The minimum Gasteiger partial charge on any atom is -0.346 e. The fraction of sp³-hybridized carbons (Fsp3) is 0.500. The molecule has 0 aromatic heterocycles. The molecule has 0 atom stereocenters. The van der Waals surface area contributed by atoms with Crippen molar-refractivity contribution in [1.29, 1.82) is 0 Å². The molecule has 0 unspecified atom stereocenters. The average Bonchev–Trinajstić information content (AvgIpc) is 2.43. The Balaban J connectivity index is 1.96. The molecule has 3 nitrogen and oxygen atoms in total. The Labute approximate surface area is 125 Å². The molecule has 5 heteroatoms. The first-order chi connectivity index (χ1) is 9.10. The van der Waals surface area contributed by atoms with E-state index in [4.69, 9.17) is 23.8 Å². The lowest BCUT2D eigenvalue weighted by molar-refractivity contribution is 0.191. The number of nitrogens with one attached hydrogen (secondary N) is 1. The molecule has 2 rings (SSSR count). The van der Waals surface area contributed by atoms with Crippen molar-refractivity contribution in [2.75, 3.05) is 38.0 Å². The van der Waals surface area contributed by atoms with Crippen LogP contribution in [0.1, 0.15) is 12.5 Å². The van der Waals surface area contributed by atoms with E-state index in [9.17, 15) is 0 Å². The summed E-state index contributed by atoms with van der Waals surface area (Å²) in [6.45, 7) is 9.48. The third-order valence-corrected chi connectivity index (χ3v) is 4.14. The lowest BCUT2D eigenvalue weighted by Gasteiger charge is -2.35. The Morgan fingerprint density at radius 3 is 2.63 bits per heavy atom. The third-order valence-electron chi connectivity index (χ3n) is 3.55. The van der Waals surface area contributed by atoms with Crippen molar-refractivity contribution in [2.24, 2.45) is 0 Å². The molecule has 1 aromatic carbocycles. The van der Waals surface area contributed by atoms with Crippen LogP contribution < -0.4 is 5.32 Å². The zero-order chi connectivity index (χ0) is 13.8. The third kappa shape index (κ3) is 3.81. The van der Waals surface area contributed by atoms with E-state index in [0.717, 1.165) is 54.1 Å². The van der Waals surface area contributed by atoms with Gasteiger partial charge in [0.2, 0.25) is 0 Å². The largest absolute Gasteiger partial charge is 0.346 e. The highest BCUT2D eigenvalue weighted by molar-refractivity contribution is 7.80. The van der Waals surface area contributed by atoms with Crippen LogP contribution in [0.4, 0.5) is 5.69 Å². The molecular formula is C14H20ClN3S. The Morgan fingerprint density at radius 2 is 2.00 bits per heavy atom. The molecule has 0 aliphatic carbocycles. The topological polar surface area (TPSA) is 18.5 Å². The smallest absolute Gasteiger partial charge is 0.173 e. The number of piperazine rings is 1. The summed E-state index contributed by atoms with van der Waals surface area (Å²) in [5.74, 6) is 0. The second-order valence-corrected chi connectivity index (χ2v) is 5.63. The van der Waals surface area contributed by atoms with Crippen LogP contribution in [-0.2, 0) is 0 Å². The van der Waals surface area contributed by atoms with Gasteiger partial charge in [-0.1, -0.05) is 24.6 Å². The van der Waals surface area contributed by atoms with Crippen molar-refractivity contribution in [1.82, 2.24) is 9.80 Å². The maximum atomic E-state index is 6.02. The molecule has 0 radical (unpaired) electrons. The number of likely N-dealkylation sites (N-methyl/N-ethyl adjacent to an activating group) is 1. The number of rotatable bonds is 2. The number of anilines is 1. The lowest BCUT2D eigenvalue weighted by Crippen LogP contribution is -2.49. The van der Waals surface area contributed by atoms with Crippen LogP contribution in [0.5, 0.6) is 0 Å². The van der Waals surface area contributed by atoms with Crippen LogP contribution in [0.15, 0.2) is 18.2 Å². The van der Waals surface area contributed by atoms with E-state index in [-0.39, 0.29) is 0 Å². The van der Waals surface area contributed by atoms with Gasteiger partial charge in [0.15, 0.2) is 5.11 Å². The van der Waals surface area contributed by atoms with Gasteiger partial charge in [-0.15, -0.1) is 0 Å². The van der Waals surface area contributed by atoms with Crippen molar-refractivity contribution >= 4 is 34.6 Å². The normalized spacial score (nSPS) is 16.5. The van der Waals surface area contributed by atoms with Crippen molar-refractivity contribution in [3.63, 3.8) is 0 Å². The zero-order valence-electron chi connectivity index (χ0n) is 11.4.